The number of imide groups is 1. The number of hydrogen-bond donors (Lipinski definition) is 2. The Morgan fingerprint density at radius 2 is 1.91 bits per heavy atom. The molecule has 2 aromatic rings. The van der Waals surface area contributed by atoms with Gasteiger partial charge in [-0.2, -0.15) is 0 Å². The Morgan fingerprint density at radius 1 is 1.19 bits per heavy atom. The summed E-state index contributed by atoms with van der Waals surface area (Å²) in [5.41, 5.74) is 1.11. The number of amides is 4. The van der Waals surface area contributed by atoms with Gasteiger partial charge in [0.05, 0.1) is 6.61 Å². The van der Waals surface area contributed by atoms with Crippen molar-refractivity contribution in [2.45, 2.75) is 38.8 Å². The van der Waals surface area contributed by atoms with E-state index in [9.17, 15) is 14.4 Å². The molecule has 2 heterocycles. The molecule has 1 atom stereocenters. The number of nitrogens with one attached hydrogen (secondary N) is 2. The van der Waals surface area contributed by atoms with Crippen LogP contribution in [0.2, 0.25) is 0 Å². The Bertz CT molecular complexity index is 1040. The molecule has 0 saturated carbocycles. The molecule has 1 saturated heterocycles. The first-order valence-corrected chi connectivity index (χ1v) is 10.9. The second-order valence-corrected chi connectivity index (χ2v) is 8.30. The fourth-order valence-electron chi connectivity index (χ4n) is 4.44. The second-order valence-electron chi connectivity index (χ2n) is 8.30. The molecule has 2 aliphatic heterocycles. The van der Waals surface area contributed by atoms with Crippen LogP contribution in [-0.2, 0) is 15.1 Å². The molecule has 0 unspecified atom stereocenters. The maximum atomic E-state index is 13.3. The van der Waals surface area contributed by atoms with E-state index in [0.29, 0.717) is 36.1 Å². The summed E-state index contributed by atoms with van der Waals surface area (Å²) in [6.45, 7) is 7.18. The van der Waals surface area contributed by atoms with E-state index >= 15 is 0 Å². The van der Waals surface area contributed by atoms with Gasteiger partial charge in [0.15, 0.2) is 5.54 Å². The SMILES string of the molecule is CCN(c1ccc(NC(=O)CN2C(=O)N[C@]3(CCOc4ccccc43)C2=O)cc1)C(C)C. The number of para-hydroxylation sites is 1. The highest BCUT2D eigenvalue weighted by molar-refractivity contribution is 6.10. The maximum absolute atomic E-state index is 13.3. The molecule has 0 radical (unpaired) electrons. The minimum absolute atomic E-state index is 0.306. The number of benzene rings is 2. The van der Waals surface area contributed by atoms with Crippen molar-refractivity contribution in [1.29, 1.82) is 0 Å². The van der Waals surface area contributed by atoms with Gasteiger partial charge in [0.2, 0.25) is 5.91 Å². The van der Waals surface area contributed by atoms with Gasteiger partial charge in [0, 0.05) is 35.9 Å². The van der Waals surface area contributed by atoms with E-state index in [2.05, 4.69) is 36.3 Å². The third-order valence-corrected chi connectivity index (χ3v) is 6.01. The number of fused-ring (bicyclic) bond motifs is 2. The van der Waals surface area contributed by atoms with Gasteiger partial charge in [0.1, 0.15) is 12.3 Å². The third-order valence-electron chi connectivity index (χ3n) is 6.01. The van der Waals surface area contributed by atoms with Gasteiger partial charge in [-0.1, -0.05) is 18.2 Å². The molecule has 0 bridgehead atoms. The molecule has 8 nitrogen and oxygen atoms in total. The lowest BCUT2D eigenvalue weighted by Gasteiger charge is -2.33. The van der Waals surface area contributed by atoms with E-state index in [-0.39, 0.29) is 6.54 Å². The van der Waals surface area contributed by atoms with Gasteiger partial charge in [-0.25, -0.2) is 4.79 Å². The Hall–Kier alpha value is -3.55. The lowest BCUT2D eigenvalue weighted by atomic mass is 9.84. The van der Waals surface area contributed by atoms with E-state index in [1.165, 1.54) is 0 Å². The van der Waals surface area contributed by atoms with Crippen LogP contribution in [0.1, 0.15) is 32.8 Å². The number of carbonyl (C=O) groups is 3. The Morgan fingerprint density at radius 3 is 2.59 bits per heavy atom. The van der Waals surface area contributed by atoms with Crippen LogP contribution in [0, 0.1) is 0 Å². The zero-order valence-corrected chi connectivity index (χ0v) is 18.6. The minimum Gasteiger partial charge on any atom is -0.493 e. The number of ether oxygens (including phenoxy) is 1. The van der Waals surface area contributed by atoms with E-state index in [1.807, 2.05) is 30.3 Å². The highest BCUT2D eigenvalue weighted by Gasteiger charge is 2.55. The molecule has 168 valence electrons. The molecule has 2 aromatic carbocycles. The van der Waals surface area contributed by atoms with Crippen LogP contribution in [-0.4, -0.2) is 48.5 Å². The zero-order valence-electron chi connectivity index (χ0n) is 18.6. The van der Waals surface area contributed by atoms with Crippen molar-refractivity contribution >= 4 is 29.2 Å². The highest BCUT2D eigenvalue weighted by Crippen LogP contribution is 2.40. The Kier molecular flexibility index (Phi) is 5.78. The lowest BCUT2D eigenvalue weighted by molar-refractivity contribution is -0.135. The third kappa shape index (κ3) is 3.77. The molecule has 8 heteroatoms. The van der Waals surface area contributed by atoms with Crippen LogP contribution >= 0.6 is 0 Å². The molecular weight excluding hydrogens is 408 g/mol. The van der Waals surface area contributed by atoms with Crippen molar-refractivity contribution < 1.29 is 19.1 Å². The second kappa shape index (κ2) is 8.53. The predicted octanol–water partition coefficient (Wildman–Crippen LogP) is 3.09. The molecule has 4 amide bonds. The lowest BCUT2D eigenvalue weighted by Crippen LogP contribution is -2.48. The number of nitrogens with zero attached hydrogens (tertiary/aromatic N) is 2. The maximum Gasteiger partial charge on any atom is 0.325 e. The van der Waals surface area contributed by atoms with Crippen LogP contribution in [0.5, 0.6) is 5.75 Å². The summed E-state index contributed by atoms with van der Waals surface area (Å²) < 4.78 is 5.63. The minimum atomic E-state index is -1.19. The van der Waals surface area contributed by atoms with E-state index < -0.39 is 23.4 Å². The molecular formula is C24H28N4O4. The molecule has 2 aliphatic rings. The summed E-state index contributed by atoms with van der Waals surface area (Å²) in [6.07, 6.45) is 0.317. The van der Waals surface area contributed by atoms with Gasteiger partial charge in [0.25, 0.3) is 5.91 Å². The molecule has 2 N–H and O–H groups in total. The molecule has 0 aliphatic carbocycles. The van der Waals surface area contributed by atoms with Gasteiger partial charge in [-0.05, 0) is 51.1 Å². The standard InChI is InChI=1S/C24H28N4O4/c1-4-27(16(2)3)18-11-9-17(10-12-18)25-21(29)15-28-22(30)24(26-23(28)31)13-14-32-20-8-6-5-7-19(20)24/h5-12,16H,4,13-15H2,1-3H3,(H,25,29)(H,26,31)/t24-/m0/s1. The number of urea groups is 1. The largest absolute Gasteiger partial charge is 0.493 e. The topological polar surface area (TPSA) is 91.0 Å². The Labute approximate surface area is 187 Å². The first-order valence-electron chi connectivity index (χ1n) is 10.9. The van der Waals surface area contributed by atoms with Gasteiger partial charge in [-0.3, -0.25) is 14.5 Å². The van der Waals surface area contributed by atoms with Crippen LogP contribution < -0.4 is 20.3 Å². The number of anilines is 2. The number of rotatable bonds is 6. The van der Waals surface area contributed by atoms with Crippen molar-refractivity contribution in [1.82, 2.24) is 10.2 Å². The van der Waals surface area contributed by atoms with Gasteiger partial charge >= 0.3 is 6.03 Å². The molecule has 32 heavy (non-hydrogen) atoms. The highest BCUT2D eigenvalue weighted by atomic mass is 16.5. The van der Waals surface area contributed by atoms with Crippen LogP contribution in [0.3, 0.4) is 0 Å². The monoisotopic (exact) mass is 436 g/mol. The number of carbonyl (C=O) groups excluding carboxylic acids is 3. The fourth-order valence-corrected chi connectivity index (χ4v) is 4.44. The normalized spacial score (nSPS) is 19.6. The average molecular weight is 437 g/mol. The first-order chi connectivity index (χ1) is 15.4. The van der Waals surface area contributed by atoms with Gasteiger partial charge < -0.3 is 20.3 Å². The molecule has 4 rings (SSSR count). The smallest absolute Gasteiger partial charge is 0.325 e. The summed E-state index contributed by atoms with van der Waals surface area (Å²) in [5.74, 6) is -0.296. The molecule has 0 aromatic heterocycles. The zero-order chi connectivity index (χ0) is 22.9. The quantitative estimate of drug-likeness (QED) is 0.679. The van der Waals surface area contributed by atoms with Crippen molar-refractivity contribution in [3.8, 4) is 5.75 Å². The Balaban J connectivity index is 1.46. The van der Waals surface area contributed by atoms with Crippen molar-refractivity contribution in [2.24, 2.45) is 0 Å². The average Bonchev–Trinajstić information content (AvgIpc) is 3.00. The van der Waals surface area contributed by atoms with E-state index in [4.69, 9.17) is 4.74 Å². The summed E-state index contributed by atoms with van der Waals surface area (Å²) >= 11 is 0. The van der Waals surface area contributed by atoms with E-state index in [0.717, 1.165) is 17.1 Å². The van der Waals surface area contributed by atoms with Crippen molar-refractivity contribution in [3.05, 3.63) is 54.1 Å². The number of hydrogen-bond acceptors (Lipinski definition) is 5. The van der Waals surface area contributed by atoms with Crippen LogP contribution in [0.25, 0.3) is 0 Å². The summed E-state index contributed by atoms with van der Waals surface area (Å²) in [4.78, 5) is 41.8. The van der Waals surface area contributed by atoms with E-state index in [1.54, 1.807) is 18.2 Å². The summed E-state index contributed by atoms with van der Waals surface area (Å²) in [7, 11) is 0. The van der Waals surface area contributed by atoms with Crippen LogP contribution in [0.4, 0.5) is 16.2 Å². The summed E-state index contributed by atoms with van der Waals surface area (Å²) in [6, 6.07) is 14.5. The predicted molar refractivity (Wildman–Crippen MR) is 122 cm³/mol. The van der Waals surface area contributed by atoms with Crippen molar-refractivity contribution in [2.75, 3.05) is 29.9 Å². The first kappa shape index (κ1) is 21.7. The van der Waals surface area contributed by atoms with Crippen molar-refractivity contribution in [3.63, 3.8) is 0 Å². The molecule has 1 fully saturated rings. The van der Waals surface area contributed by atoms with Gasteiger partial charge in [-0.15, -0.1) is 0 Å². The molecule has 1 spiro atoms. The van der Waals surface area contributed by atoms with Crippen LogP contribution in [0.15, 0.2) is 48.5 Å². The fraction of sp³-hybridized carbons (Fsp3) is 0.375. The summed E-state index contributed by atoms with van der Waals surface area (Å²) in [5, 5.41) is 5.58.